The molecule has 0 aliphatic heterocycles. The number of aromatic nitrogens is 1. The fourth-order valence-corrected chi connectivity index (χ4v) is 2.87. The minimum absolute atomic E-state index is 0.0678. The fourth-order valence-electron chi connectivity index (χ4n) is 1.77. The molecule has 2 rings (SSSR count). The average molecular weight is 294 g/mol. The lowest BCUT2D eigenvalue weighted by atomic mass is 10.1. The Hall–Kier alpha value is -2.28. The number of carboxylic acid groups (broad SMARTS) is 1. The van der Waals surface area contributed by atoms with Gasteiger partial charge in [0.05, 0.1) is 5.56 Å². The van der Waals surface area contributed by atoms with Gasteiger partial charge in [-0.05, 0) is 30.7 Å². The van der Waals surface area contributed by atoms with Crippen LogP contribution in [-0.4, -0.2) is 24.1 Å². The number of hydrogen-bond donors (Lipinski definition) is 2. The number of benzene rings is 1. The van der Waals surface area contributed by atoms with E-state index in [-0.39, 0.29) is 16.1 Å². The van der Waals surface area contributed by atoms with Gasteiger partial charge in [-0.3, -0.25) is 4.72 Å². The predicted octanol–water partition coefficient (Wildman–Crippen LogP) is 1.83. The standard InChI is InChI=1S/C13H14N2O4S/c1-9-3-4-10(7-12(9)13(16)17)14-20(18,19)11-5-6-15(2)8-11/h3-8,14H,1-2H3,(H,16,17). The molecular weight excluding hydrogens is 280 g/mol. The van der Waals surface area contributed by atoms with Crippen LogP contribution in [0.2, 0.25) is 0 Å². The van der Waals surface area contributed by atoms with Crippen LogP contribution in [0.25, 0.3) is 0 Å². The summed E-state index contributed by atoms with van der Waals surface area (Å²) in [5, 5.41) is 9.03. The molecule has 0 unspecified atom stereocenters. The summed E-state index contributed by atoms with van der Waals surface area (Å²) in [7, 11) is -2.00. The molecule has 0 bridgehead atoms. The number of nitrogens with zero attached hydrogens (tertiary/aromatic N) is 1. The molecule has 0 aliphatic rings. The van der Waals surface area contributed by atoms with Crippen molar-refractivity contribution in [3.63, 3.8) is 0 Å². The Morgan fingerprint density at radius 1 is 1.30 bits per heavy atom. The second-order valence-corrected chi connectivity index (χ2v) is 6.14. The zero-order valence-corrected chi connectivity index (χ0v) is 11.8. The molecular formula is C13H14N2O4S. The van der Waals surface area contributed by atoms with Crippen molar-refractivity contribution >= 4 is 21.7 Å². The summed E-state index contributed by atoms with van der Waals surface area (Å²) in [4.78, 5) is 11.2. The minimum Gasteiger partial charge on any atom is -0.478 e. The Bertz CT molecular complexity index is 762. The summed E-state index contributed by atoms with van der Waals surface area (Å²) in [5.74, 6) is -1.09. The van der Waals surface area contributed by atoms with Gasteiger partial charge in [0.2, 0.25) is 0 Å². The molecule has 0 spiro atoms. The van der Waals surface area contributed by atoms with Gasteiger partial charge in [-0.25, -0.2) is 13.2 Å². The normalized spacial score (nSPS) is 11.3. The smallest absolute Gasteiger partial charge is 0.336 e. The number of sulfonamides is 1. The van der Waals surface area contributed by atoms with Crippen molar-refractivity contribution < 1.29 is 18.3 Å². The molecule has 2 N–H and O–H groups in total. The molecule has 20 heavy (non-hydrogen) atoms. The number of nitrogens with one attached hydrogen (secondary N) is 1. The van der Waals surface area contributed by atoms with E-state index >= 15 is 0 Å². The molecule has 106 valence electrons. The highest BCUT2D eigenvalue weighted by atomic mass is 32.2. The second kappa shape index (κ2) is 5.01. The highest BCUT2D eigenvalue weighted by Crippen LogP contribution is 2.19. The highest BCUT2D eigenvalue weighted by molar-refractivity contribution is 7.92. The zero-order valence-electron chi connectivity index (χ0n) is 11.0. The Morgan fingerprint density at radius 2 is 2.00 bits per heavy atom. The van der Waals surface area contributed by atoms with Crippen LogP contribution >= 0.6 is 0 Å². The molecule has 0 amide bonds. The van der Waals surface area contributed by atoms with Crippen LogP contribution in [0.5, 0.6) is 0 Å². The summed E-state index contributed by atoms with van der Waals surface area (Å²) < 4.78 is 28.2. The van der Waals surface area contributed by atoms with E-state index in [0.717, 1.165) is 0 Å². The first-order valence-electron chi connectivity index (χ1n) is 5.78. The Morgan fingerprint density at radius 3 is 2.55 bits per heavy atom. The highest BCUT2D eigenvalue weighted by Gasteiger charge is 2.16. The second-order valence-electron chi connectivity index (χ2n) is 4.45. The molecule has 0 aliphatic carbocycles. The number of aryl methyl sites for hydroxylation is 2. The maximum atomic E-state index is 12.1. The third-order valence-electron chi connectivity index (χ3n) is 2.84. The van der Waals surface area contributed by atoms with Crippen molar-refractivity contribution in [3.05, 3.63) is 47.8 Å². The Kier molecular flexibility index (Phi) is 3.54. The van der Waals surface area contributed by atoms with E-state index in [1.165, 1.54) is 24.4 Å². The number of anilines is 1. The Balaban J connectivity index is 2.35. The minimum atomic E-state index is -3.71. The first-order valence-corrected chi connectivity index (χ1v) is 7.26. The Labute approximate surface area is 116 Å². The molecule has 0 saturated carbocycles. The van der Waals surface area contributed by atoms with Crippen LogP contribution in [0, 0.1) is 6.92 Å². The zero-order chi connectivity index (χ0) is 14.9. The number of carbonyl (C=O) groups is 1. The molecule has 6 nitrogen and oxygen atoms in total. The number of carboxylic acids is 1. The van der Waals surface area contributed by atoms with E-state index in [4.69, 9.17) is 5.11 Å². The van der Waals surface area contributed by atoms with E-state index in [2.05, 4.69) is 4.72 Å². The lowest BCUT2D eigenvalue weighted by molar-refractivity contribution is 0.0696. The summed E-state index contributed by atoms with van der Waals surface area (Å²) in [6.07, 6.45) is 3.08. The van der Waals surface area contributed by atoms with Gasteiger partial charge in [-0.2, -0.15) is 0 Å². The van der Waals surface area contributed by atoms with Gasteiger partial charge in [0.1, 0.15) is 4.90 Å². The van der Waals surface area contributed by atoms with Crippen molar-refractivity contribution in [2.45, 2.75) is 11.8 Å². The van der Waals surface area contributed by atoms with Crippen LogP contribution in [0.15, 0.2) is 41.6 Å². The van der Waals surface area contributed by atoms with Gasteiger partial charge in [0.15, 0.2) is 0 Å². The summed E-state index contributed by atoms with van der Waals surface area (Å²) >= 11 is 0. The summed E-state index contributed by atoms with van der Waals surface area (Å²) in [6, 6.07) is 5.86. The quantitative estimate of drug-likeness (QED) is 0.900. The van der Waals surface area contributed by atoms with E-state index in [1.54, 1.807) is 30.8 Å². The van der Waals surface area contributed by atoms with Gasteiger partial charge < -0.3 is 9.67 Å². The van der Waals surface area contributed by atoms with Crippen molar-refractivity contribution in [2.75, 3.05) is 4.72 Å². The van der Waals surface area contributed by atoms with Gasteiger partial charge in [-0.15, -0.1) is 0 Å². The molecule has 0 atom stereocenters. The van der Waals surface area contributed by atoms with Crippen LogP contribution in [0.1, 0.15) is 15.9 Å². The van der Waals surface area contributed by atoms with Gasteiger partial charge in [-0.1, -0.05) is 6.07 Å². The van der Waals surface area contributed by atoms with Crippen molar-refractivity contribution in [1.82, 2.24) is 4.57 Å². The van der Waals surface area contributed by atoms with Crippen LogP contribution in [0.3, 0.4) is 0 Å². The van der Waals surface area contributed by atoms with Crippen LogP contribution < -0.4 is 4.72 Å². The first kappa shape index (κ1) is 14.1. The predicted molar refractivity (Wildman–Crippen MR) is 74.4 cm³/mol. The summed E-state index contributed by atoms with van der Waals surface area (Å²) in [5.41, 5.74) is 0.857. The van der Waals surface area contributed by atoms with Crippen LogP contribution in [-0.2, 0) is 17.1 Å². The molecule has 2 aromatic rings. The van der Waals surface area contributed by atoms with Crippen molar-refractivity contribution in [1.29, 1.82) is 0 Å². The maximum absolute atomic E-state index is 12.1. The van der Waals surface area contributed by atoms with Gasteiger partial charge >= 0.3 is 5.97 Å². The topological polar surface area (TPSA) is 88.4 Å². The van der Waals surface area contributed by atoms with Gasteiger partial charge in [0.25, 0.3) is 10.0 Å². The average Bonchev–Trinajstić information content (AvgIpc) is 2.78. The molecule has 7 heteroatoms. The van der Waals surface area contributed by atoms with E-state index < -0.39 is 16.0 Å². The number of rotatable bonds is 4. The number of hydrogen-bond acceptors (Lipinski definition) is 3. The molecule has 1 aromatic carbocycles. The lowest BCUT2D eigenvalue weighted by Gasteiger charge is -2.08. The van der Waals surface area contributed by atoms with E-state index in [1.807, 2.05) is 0 Å². The fraction of sp³-hybridized carbons (Fsp3) is 0.154. The van der Waals surface area contributed by atoms with Crippen LogP contribution in [0.4, 0.5) is 5.69 Å². The largest absolute Gasteiger partial charge is 0.478 e. The first-order chi connectivity index (χ1) is 9.29. The maximum Gasteiger partial charge on any atom is 0.336 e. The van der Waals surface area contributed by atoms with Crippen molar-refractivity contribution in [3.8, 4) is 0 Å². The monoisotopic (exact) mass is 294 g/mol. The van der Waals surface area contributed by atoms with E-state index in [0.29, 0.717) is 5.56 Å². The third-order valence-corrected chi connectivity index (χ3v) is 4.20. The van der Waals surface area contributed by atoms with Gasteiger partial charge in [0, 0.05) is 25.1 Å². The van der Waals surface area contributed by atoms with E-state index in [9.17, 15) is 13.2 Å². The molecule has 0 fully saturated rings. The van der Waals surface area contributed by atoms with Crippen molar-refractivity contribution in [2.24, 2.45) is 7.05 Å². The molecule has 1 aromatic heterocycles. The molecule has 0 saturated heterocycles. The SMILES string of the molecule is Cc1ccc(NS(=O)(=O)c2ccn(C)c2)cc1C(=O)O. The lowest BCUT2D eigenvalue weighted by Crippen LogP contribution is -2.13. The molecule has 1 heterocycles. The third kappa shape index (κ3) is 2.83. The molecule has 0 radical (unpaired) electrons. The number of aromatic carboxylic acids is 1. The summed E-state index contributed by atoms with van der Waals surface area (Å²) in [6.45, 7) is 1.65.